The number of hydrogen-bond donors (Lipinski definition) is 2. The van der Waals surface area contributed by atoms with Gasteiger partial charge in [0.2, 0.25) is 0 Å². The van der Waals surface area contributed by atoms with Crippen molar-refractivity contribution in [3.05, 3.63) is 30.3 Å². The Morgan fingerprint density at radius 2 is 1.89 bits per heavy atom. The summed E-state index contributed by atoms with van der Waals surface area (Å²) >= 11 is 1.89. The Bertz CT molecular complexity index is 526. The maximum absolute atomic E-state index is 5.42. The van der Waals surface area contributed by atoms with Gasteiger partial charge in [-0.25, -0.2) is 0 Å². The van der Waals surface area contributed by atoms with Crippen LogP contribution >= 0.6 is 35.7 Å². The van der Waals surface area contributed by atoms with Crippen LogP contribution in [0.3, 0.4) is 0 Å². The Labute approximate surface area is 186 Å². The monoisotopic (exact) mass is 506 g/mol. The molecule has 5 nitrogen and oxygen atoms in total. The summed E-state index contributed by atoms with van der Waals surface area (Å²) in [5.74, 6) is 1.46. The third kappa shape index (κ3) is 10.6. The molecule has 0 radical (unpaired) electrons. The second kappa shape index (κ2) is 14.5. The molecule has 1 aromatic carbocycles. The molecular formula is C20H35IN4OS. The molecule has 1 aliphatic rings. The highest BCUT2D eigenvalue weighted by molar-refractivity contribution is 14.0. The average Bonchev–Trinajstić information content (AvgIpc) is 2.65. The predicted octanol–water partition coefficient (Wildman–Crippen LogP) is 3.31. The van der Waals surface area contributed by atoms with Gasteiger partial charge >= 0.3 is 0 Å². The molecule has 7 heteroatoms. The SMILES string of the molecule is CCNC(=NCC(C)CN1CCOCC1)NCC(C)Sc1ccccc1.I. The van der Waals surface area contributed by atoms with Gasteiger partial charge in [0.25, 0.3) is 0 Å². The van der Waals surface area contributed by atoms with Crippen LogP contribution in [0.5, 0.6) is 0 Å². The fraction of sp³-hybridized carbons (Fsp3) is 0.650. The Kier molecular flexibility index (Phi) is 13.2. The van der Waals surface area contributed by atoms with Crippen molar-refractivity contribution in [3.63, 3.8) is 0 Å². The van der Waals surface area contributed by atoms with Crippen LogP contribution in [0.2, 0.25) is 0 Å². The van der Waals surface area contributed by atoms with E-state index in [-0.39, 0.29) is 24.0 Å². The van der Waals surface area contributed by atoms with E-state index >= 15 is 0 Å². The van der Waals surface area contributed by atoms with Crippen molar-refractivity contribution in [2.75, 3.05) is 52.5 Å². The third-order valence-corrected chi connectivity index (χ3v) is 5.33. The molecule has 1 fully saturated rings. The van der Waals surface area contributed by atoms with Crippen LogP contribution in [0.25, 0.3) is 0 Å². The number of ether oxygens (including phenoxy) is 1. The lowest BCUT2D eigenvalue weighted by Gasteiger charge is -2.28. The number of hydrogen-bond acceptors (Lipinski definition) is 4. The van der Waals surface area contributed by atoms with E-state index < -0.39 is 0 Å². The molecular weight excluding hydrogens is 471 g/mol. The van der Waals surface area contributed by atoms with Crippen molar-refractivity contribution in [2.24, 2.45) is 10.9 Å². The first-order valence-corrected chi connectivity index (χ1v) is 10.6. The van der Waals surface area contributed by atoms with Gasteiger partial charge in [0.15, 0.2) is 5.96 Å². The molecule has 1 saturated heterocycles. The van der Waals surface area contributed by atoms with Crippen molar-refractivity contribution in [1.29, 1.82) is 0 Å². The minimum atomic E-state index is 0. The highest BCUT2D eigenvalue weighted by atomic mass is 127. The Morgan fingerprint density at radius 3 is 2.56 bits per heavy atom. The van der Waals surface area contributed by atoms with Crippen LogP contribution in [0, 0.1) is 5.92 Å². The molecule has 0 amide bonds. The second-order valence-corrected chi connectivity index (χ2v) is 8.37. The topological polar surface area (TPSA) is 48.9 Å². The molecule has 2 rings (SSSR count). The predicted molar refractivity (Wildman–Crippen MR) is 128 cm³/mol. The zero-order chi connectivity index (χ0) is 18.6. The minimum Gasteiger partial charge on any atom is -0.379 e. The summed E-state index contributed by atoms with van der Waals surface area (Å²) in [5, 5.41) is 7.32. The molecule has 0 saturated carbocycles. The van der Waals surface area contributed by atoms with E-state index in [1.165, 1.54) is 4.90 Å². The summed E-state index contributed by atoms with van der Waals surface area (Å²) < 4.78 is 5.42. The van der Waals surface area contributed by atoms with Gasteiger partial charge in [-0.05, 0) is 25.0 Å². The fourth-order valence-corrected chi connectivity index (χ4v) is 3.83. The lowest BCUT2D eigenvalue weighted by atomic mass is 10.1. The normalized spacial score (nSPS) is 17.7. The number of rotatable bonds is 9. The first-order valence-electron chi connectivity index (χ1n) is 9.71. The van der Waals surface area contributed by atoms with Crippen molar-refractivity contribution < 1.29 is 4.74 Å². The smallest absolute Gasteiger partial charge is 0.191 e. The number of guanidine groups is 1. The zero-order valence-corrected chi connectivity index (χ0v) is 20.0. The fourth-order valence-electron chi connectivity index (χ4n) is 2.88. The molecule has 1 aromatic rings. The molecule has 0 spiro atoms. The molecule has 27 heavy (non-hydrogen) atoms. The Hall–Kier alpha value is -0.510. The summed E-state index contributed by atoms with van der Waals surface area (Å²) in [5.41, 5.74) is 0. The van der Waals surface area contributed by atoms with Crippen molar-refractivity contribution >= 4 is 41.7 Å². The number of benzene rings is 1. The number of thioether (sulfide) groups is 1. The molecule has 2 atom stereocenters. The van der Waals surface area contributed by atoms with Crippen LogP contribution in [-0.4, -0.2) is 68.6 Å². The molecule has 0 bridgehead atoms. The van der Waals surface area contributed by atoms with E-state index in [0.717, 1.165) is 58.4 Å². The summed E-state index contributed by atoms with van der Waals surface area (Å²) in [6, 6.07) is 10.6. The molecule has 154 valence electrons. The van der Waals surface area contributed by atoms with Crippen molar-refractivity contribution in [2.45, 2.75) is 30.9 Å². The maximum atomic E-state index is 5.42. The van der Waals surface area contributed by atoms with Gasteiger partial charge in [0.1, 0.15) is 0 Å². The molecule has 0 aromatic heterocycles. The van der Waals surface area contributed by atoms with E-state index in [2.05, 4.69) is 66.6 Å². The summed E-state index contributed by atoms with van der Waals surface area (Å²) in [4.78, 5) is 8.57. The summed E-state index contributed by atoms with van der Waals surface area (Å²) in [6.45, 7) is 14.1. The molecule has 2 unspecified atom stereocenters. The van der Waals surface area contributed by atoms with Crippen LogP contribution in [0.15, 0.2) is 40.2 Å². The highest BCUT2D eigenvalue weighted by Gasteiger charge is 2.13. The van der Waals surface area contributed by atoms with Crippen LogP contribution < -0.4 is 10.6 Å². The number of halogens is 1. The van der Waals surface area contributed by atoms with E-state index in [1.807, 2.05) is 11.8 Å². The lowest BCUT2D eigenvalue weighted by Crippen LogP contribution is -2.41. The van der Waals surface area contributed by atoms with Crippen LogP contribution in [0.1, 0.15) is 20.8 Å². The zero-order valence-electron chi connectivity index (χ0n) is 16.8. The molecule has 0 aliphatic carbocycles. The second-order valence-electron chi connectivity index (χ2n) is 6.86. The third-order valence-electron chi connectivity index (χ3n) is 4.22. The molecule has 1 heterocycles. The van der Waals surface area contributed by atoms with E-state index in [4.69, 9.17) is 9.73 Å². The number of morpholine rings is 1. The average molecular weight is 506 g/mol. The van der Waals surface area contributed by atoms with Gasteiger partial charge in [-0.1, -0.05) is 32.0 Å². The van der Waals surface area contributed by atoms with Gasteiger partial charge in [0, 0.05) is 49.4 Å². The van der Waals surface area contributed by atoms with Crippen LogP contribution in [0.4, 0.5) is 0 Å². The molecule has 1 aliphatic heterocycles. The van der Waals surface area contributed by atoms with E-state index in [0.29, 0.717) is 11.2 Å². The summed E-state index contributed by atoms with van der Waals surface area (Å²) in [6.07, 6.45) is 0. The molecule has 2 N–H and O–H groups in total. The first kappa shape index (κ1) is 24.5. The Morgan fingerprint density at radius 1 is 1.19 bits per heavy atom. The van der Waals surface area contributed by atoms with Gasteiger partial charge in [-0.15, -0.1) is 35.7 Å². The van der Waals surface area contributed by atoms with Crippen LogP contribution in [-0.2, 0) is 4.74 Å². The minimum absolute atomic E-state index is 0. The van der Waals surface area contributed by atoms with Gasteiger partial charge in [-0.3, -0.25) is 9.89 Å². The lowest BCUT2D eigenvalue weighted by molar-refractivity contribution is 0.0323. The quantitative estimate of drug-likeness (QED) is 0.233. The van der Waals surface area contributed by atoms with Gasteiger partial charge in [0.05, 0.1) is 13.2 Å². The highest BCUT2D eigenvalue weighted by Crippen LogP contribution is 2.21. The Balaban J connectivity index is 0.00000364. The largest absolute Gasteiger partial charge is 0.379 e. The number of aliphatic imine (C=N–C) groups is 1. The maximum Gasteiger partial charge on any atom is 0.191 e. The van der Waals surface area contributed by atoms with Crippen molar-refractivity contribution in [3.8, 4) is 0 Å². The first-order chi connectivity index (χ1) is 12.7. The van der Waals surface area contributed by atoms with Gasteiger partial charge in [-0.2, -0.15) is 0 Å². The summed E-state index contributed by atoms with van der Waals surface area (Å²) in [7, 11) is 0. The number of nitrogens with zero attached hydrogens (tertiary/aromatic N) is 2. The van der Waals surface area contributed by atoms with E-state index in [1.54, 1.807) is 0 Å². The van der Waals surface area contributed by atoms with Crippen molar-refractivity contribution in [1.82, 2.24) is 15.5 Å². The number of nitrogens with one attached hydrogen (secondary N) is 2. The van der Waals surface area contributed by atoms with E-state index in [9.17, 15) is 0 Å². The van der Waals surface area contributed by atoms with Gasteiger partial charge < -0.3 is 15.4 Å². The standard InChI is InChI=1S/C20H34N4OS.HI/c1-4-21-20(22-14-17(2)16-24-10-12-25-13-11-24)23-15-18(3)26-19-8-6-5-7-9-19;/h5-9,17-18H,4,10-16H2,1-3H3,(H2,21,22,23);1H.